The van der Waals surface area contributed by atoms with Crippen LogP contribution in [0.3, 0.4) is 0 Å². The van der Waals surface area contributed by atoms with Crippen LogP contribution in [0.15, 0.2) is 91.1 Å². The lowest BCUT2D eigenvalue weighted by molar-refractivity contribution is -0.118. The average Bonchev–Trinajstić information content (AvgIpc) is 2.76. The van der Waals surface area contributed by atoms with Gasteiger partial charge in [-0.1, -0.05) is 73.3 Å². The Labute approximate surface area is 180 Å². The fourth-order valence-corrected chi connectivity index (χ4v) is 4.32. The molecular weight excluding hydrogens is 368 g/mol. The molecule has 3 nitrogen and oxygen atoms in total. The average molecular weight is 401 g/mol. The number of carbonyl (C=O) groups excluding carboxylic acids is 1. The first-order valence-corrected chi connectivity index (χ1v) is 10.8. The van der Waals surface area contributed by atoms with Crippen molar-refractivity contribution in [3.05, 3.63) is 102 Å². The van der Waals surface area contributed by atoms with Gasteiger partial charge in [-0.3, -0.25) is 4.79 Å². The number of benzene rings is 2. The number of carbonyl (C=O) groups is 1. The molecule has 2 aromatic rings. The van der Waals surface area contributed by atoms with E-state index in [9.17, 15) is 4.79 Å². The number of allylic oxidation sites excluding steroid dienone is 4. The number of anilines is 1. The Morgan fingerprint density at radius 2 is 1.80 bits per heavy atom. The zero-order chi connectivity index (χ0) is 21.3. The molecular formula is C27H32N2O. The molecule has 1 heterocycles. The first-order chi connectivity index (χ1) is 14.6. The summed E-state index contributed by atoms with van der Waals surface area (Å²) in [6, 6.07) is 19.1. The summed E-state index contributed by atoms with van der Waals surface area (Å²) in [5.74, 6) is -0.0740. The molecule has 0 radical (unpaired) electrons. The Kier molecular flexibility index (Phi) is 7.67. The van der Waals surface area contributed by atoms with Crippen LogP contribution in [0.1, 0.15) is 36.8 Å². The molecule has 3 rings (SSSR count). The van der Waals surface area contributed by atoms with Gasteiger partial charge in [0, 0.05) is 18.8 Å². The fourth-order valence-electron chi connectivity index (χ4n) is 4.32. The minimum atomic E-state index is -0.468. The molecule has 0 saturated carbocycles. The summed E-state index contributed by atoms with van der Waals surface area (Å²) < 4.78 is 0. The second kappa shape index (κ2) is 10.6. The number of nitrogens with two attached hydrogens (primary N) is 1. The molecule has 1 amide bonds. The van der Waals surface area contributed by atoms with E-state index < -0.39 is 5.92 Å². The lowest BCUT2D eigenvalue weighted by Crippen LogP contribution is -2.34. The maximum atomic E-state index is 12.2. The fraction of sp³-hybridized carbons (Fsp3) is 0.296. The molecule has 1 fully saturated rings. The van der Waals surface area contributed by atoms with Gasteiger partial charge in [-0.05, 0) is 60.9 Å². The third kappa shape index (κ3) is 5.50. The molecule has 0 spiro atoms. The number of piperidine rings is 1. The summed E-state index contributed by atoms with van der Waals surface area (Å²) >= 11 is 0. The summed E-state index contributed by atoms with van der Waals surface area (Å²) in [6.45, 7) is 7.82. The van der Waals surface area contributed by atoms with Crippen molar-refractivity contribution in [1.82, 2.24) is 0 Å². The molecule has 0 aromatic heterocycles. The normalized spacial score (nSPS) is 16.6. The van der Waals surface area contributed by atoms with E-state index >= 15 is 0 Å². The van der Waals surface area contributed by atoms with Crippen LogP contribution in [0.4, 0.5) is 5.69 Å². The molecule has 156 valence electrons. The number of hydrogen-bond donors (Lipinski definition) is 1. The van der Waals surface area contributed by atoms with E-state index in [1.54, 1.807) is 6.08 Å². The van der Waals surface area contributed by atoms with E-state index in [1.165, 1.54) is 24.1 Å². The molecule has 1 aliphatic heterocycles. The van der Waals surface area contributed by atoms with Crippen LogP contribution in [0.2, 0.25) is 0 Å². The first kappa shape index (κ1) is 21.6. The van der Waals surface area contributed by atoms with Crippen molar-refractivity contribution >= 4 is 11.6 Å². The molecule has 1 unspecified atom stereocenters. The number of primary amides is 1. The van der Waals surface area contributed by atoms with Crippen molar-refractivity contribution in [1.29, 1.82) is 0 Å². The van der Waals surface area contributed by atoms with Crippen molar-refractivity contribution in [2.24, 2.45) is 11.7 Å². The highest BCUT2D eigenvalue weighted by atomic mass is 16.1. The van der Waals surface area contributed by atoms with Gasteiger partial charge >= 0.3 is 0 Å². The van der Waals surface area contributed by atoms with Crippen molar-refractivity contribution in [3.8, 4) is 0 Å². The maximum Gasteiger partial charge on any atom is 0.229 e. The smallest absolute Gasteiger partial charge is 0.229 e. The van der Waals surface area contributed by atoms with E-state index in [4.69, 9.17) is 5.73 Å². The van der Waals surface area contributed by atoms with Gasteiger partial charge in [0.05, 0.1) is 5.92 Å². The van der Waals surface area contributed by atoms with Crippen molar-refractivity contribution in [2.75, 3.05) is 18.0 Å². The molecule has 1 atom stereocenters. The van der Waals surface area contributed by atoms with Gasteiger partial charge in [0.25, 0.3) is 0 Å². The highest BCUT2D eigenvalue weighted by Crippen LogP contribution is 2.30. The third-order valence-electron chi connectivity index (χ3n) is 5.86. The minimum absolute atomic E-state index is 0.351. The Balaban J connectivity index is 1.66. The molecule has 1 saturated heterocycles. The first-order valence-electron chi connectivity index (χ1n) is 10.8. The summed E-state index contributed by atoms with van der Waals surface area (Å²) in [7, 11) is 0. The molecule has 1 aliphatic rings. The van der Waals surface area contributed by atoms with Gasteiger partial charge < -0.3 is 10.6 Å². The van der Waals surface area contributed by atoms with Crippen LogP contribution < -0.4 is 10.6 Å². The standard InChI is InChI=1S/C27H32N2O/c1-3-8-23(9-4-2)26(27(28)30)24-12-14-25(15-13-24)29-18-16-22(17-19-29)20-21-10-6-5-7-11-21/h3-15,22,26H,1,16-20H2,2H3,(H2,28,30)/b9-4-,23-8+. The van der Waals surface area contributed by atoms with Gasteiger partial charge in [0.2, 0.25) is 5.91 Å². The van der Waals surface area contributed by atoms with Crippen molar-refractivity contribution in [3.63, 3.8) is 0 Å². The van der Waals surface area contributed by atoms with Crippen LogP contribution in [0.5, 0.6) is 0 Å². The van der Waals surface area contributed by atoms with Crippen LogP contribution in [0, 0.1) is 5.92 Å². The van der Waals surface area contributed by atoms with Gasteiger partial charge in [-0.2, -0.15) is 0 Å². The lowest BCUT2D eigenvalue weighted by atomic mass is 9.88. The Bertz CT molecular complexity index is 888. The lowest BCUT2D eigenvalue weighted by Gasteiger charge is -2.34. The summed E-state index contributed by atoms with van der Waals surface area (Å²) in [4.78, 5) is 14.6. The second-order valence-corrected chi connectivity index (χ2v) is 7.95. The number of hydrogen-bond acceptors (Lipinski definition) is 2. The van der Waals surface area contributed by atoms with E-state index in [2.05, 4.69) is 53.9 Å². The predicted molar refractivity (Wildman–Crippen MR) is 127 cm³/mol. The monoisotopic (exact) mass is 400 g/mol. The quantitative estimate of drug-likeness (QED) is 0.603. The minimum Gasteiger partial charge on any atom is -0.372 e. The Hall–Kier alpha value is -3.07. The van der Waals surface area contributed by atoms with E-state index in [-0.39, 0.29) is 5.91 Å². The van der Waals surface area contributed by atoms with Gasteiger partial charge in [-0.15, -0.1) is 0 Å². The maximum absolute atomic E-state index is 12.2. The van der Waals surface area contributed by atoms with Gasteiger partial charge in [0.1, 0.15) is 0 Å². The van der Waals surface area contributed by atoms with Crippen molar-refractivity contribution in [2.45, 2.75) is 32.1 Å². The van der Waals surface area contributed by atoms with Gasteiger partial charge in [0.15, 0.2) is 0 Å². The SMILES string of the molecule is C=C/C=C(\C=C/C)C(C(N)=O)c1ccc(N2CCC(Cc3ccccc3)CC2)cc1. The molecule has 2 aromatic carbocycles. The molecule has 30 heavy (non-hydrogen) atoms. The van der Waals surface area contributed by atoms with Crippen LogP contribution in [0.25, 0.3) is 0 Å². The van der Waals surface area contributed by atoms with Gasteiger partial charge in [-0.25, -0.2) is 0 Å². The number of nitrogens with zero attached hydrogens (tertiary/aromatic N) is 1. The molecule has 2 N–H and O–H groups in total. The van der Waals surface area contributed by atoms with Crippen LogP contribution >= 0.6 is 0 Å². The summed E-state index contributed by atoms with van der Waals surface area (Å²) in [6.07, 6.45) is 10.9. The summed E-state index contributed by atoms with van der Waals surface area (Å²) in [5, 5.41) is 0. The molecule has 3 heteroatoms. The number of amides is 1. The zero-order valence-electron chi connectivity index (χ0n) is 17.8. The van der Waals surface area contributed by atoms with E-state index in [0.717, 1.165) is 36.6 Å². The van der Waals surface area contributed by atoms with E-state index in [1.807, 2.05) is 37.3 Å². The van der Waals surface area contributed by atoms with Crippen molar-refractivity contribution < 1.29 is 4.79 Å². The Morgan fingerprint density at radius 1 is 1.13 bits per heavy atom. The van der Waals surface area contributed by atoms with E-state index in [0.29, 0.717) is 0 Å². The topological polar surface area (TPSA) is 46.3 Å². The zero-order valence-corrected chi connectivity index (χ0v) is 17.8. The third-order valence-corrected chi connectivity index (χ3v) is 5.86. The molecule has 0 bridgehead atoms. The highest BCUT2D eigenvalue weighted by molar-refractivity contribution is 5.86. The number of rotatable bonds is 8. The molecule has 0 aliphatic carbocycles. The van der Waals surface area contributed by atoms with Crippen LogP contribution in [-0.4, -0.2) is 19.0 Å². The largest absolute Gasteiger partial charge is 0.372 e. The second-order valence-electron chi connectivity index (χ2n) is 7.95. The predicted octanol–water partition coefficient (Wildman–Crippen LogP) is 5.40. The Morgan fingerprint density at radius 3 is 2.37 bits per heavy atom. The highest BCUT2D eigenvalue weighted by Gasteiger charge is 2.23. The summed E-state index contributed by atoms with van der Waals surface area (Å²) in [5.41, 5.74) is 10.1. The van der Waals surface area contributed by atoms with Crippen LogP contribution in [-0.2, 0) is 11.2 Å².